The number of alkyl halides is 3. The number of anilines is 1. The molecule has 0 spiro atoms. The van der Waals surface area contributed by atoms with E-state index in [1.165, 1.54) is 12.1 Å². The van der Waals surface area contributed by atoms with Gasteiger partial charge in [-0.2, -0.15) is 13.2 Å². The Labute approximate surface area is 129 Å². The Bertz CT molecular complexity index is 617. The van der Waals surface area contributed by atoms with Gasteiger partial charge in [0.2, 0.25) is 11.8 Å². The van der Waals surface area contributed by atoms with Crippen LogP contribution in [0.2, 0.25) is 0 Å². The van der Waals surface area contributed by atoms with Crippen molar-refractivity contribution in [1.82, 2.24) is 5.32 Å². The van der Waals surface area contributed by atoms with Crippen molar-refractivity contribution in [2.75, 3.05) is 11.9 Å². The fourth-order valence-electron chi connectivity index (χ4n) is 1.89. The van der Waals surface area contributed by atoms with Gasteiger partial charge in [0.25, 0.3) is 0 Å². The summed E-state index contributed by atoms with van der Waals surface area (Å²) in [5.41, 5.74) is -0.707. The fraction of sp³-hybridized carbons (Fsp3) is 0.286. The van der Waals surface area contributed by atoms with Crippen LogP contribution in [0.15, 0.2) is 35.7 Å². The van der Waals surface area contributed by atoms with E-state index in [-0.39, 0.29) is 18.0 Å². The van der Waals surface area contributed by atoms with Crippen LogP contribution in [-0.2, 0) is 15.8 Å². The summed E-state index contributed by atoms with van der Waals surface area (Å²) in [6.45, 7) is 3.76. The third kappa shape index (κ3) is 3.82. The van der Waals surface area contributed by atoms with E-state index >= 15 is 0 Å². The van der Waals surface area contributed by atoms with Crippen molar-refractivity contribution in [3.63, 3.8) is 0 Å². The second-order valence-corrected chi connectivity index (χ2v) is 5.85. The molecular weight excluding hydrogens is 317 g/mol. The third-order valence-electron chi connectivity index (χ3n) is 2.94. The minimum atomic E-state index is -4.47. The molecule has 2 amide bonds. The lowest BCUT2D eigenvalue weighted by Crippen LogP contribution is -2.35. The first-order valence-corrected chi connectivity index (χ1v) is 7.25. The minimum Gasteiger partial charge on any atom is -0.353 e. The molecule has 4 nitrogen and oxygen atoms in total. The molecule has 0 bridgehead atoms. The Morgan fingerprint density at radius 2 is 2.18 bits per heavy atom. The zero-order valence-electron chi connectivity index (χ0n) is 11.4. The highest BCUT2D eigenvalue weighted by atomic mass is 32.2. The maximum absolute atomic E-state index is 12.6. The van der Waals surface area contributed by atoms with E-state index in [1.54, 1.807) is 0 Å². The second kappa shape index (κ2) is 6.43. The molecule has 0 aliphatic carbocycles. The SMILES string of the molecule is C=CCNC(=O)CC1Sc2ccc(C(F)(F)F)cc2NC1=O. The van der Waals surface area contributed by atoms with Gasteiger partial charge in [0.05, 0.1) is 16.5 Å². The van der Waals surface area contributed by atoms with Crippen LogP contribution in [-0.4, -0.2) is 23.6 Å². The van der Waals surface area contributed by atoms with Crippen molar-refractivity contribution in [3.05, 3.63) is 36.4 Å². The lowest BCUT2D eigenvalue weighted by Gasteiger charge is -2.24. The number of benzene rings is 1. The molecule has 1 aromatic carbocycles. The van der Waals surface area contributed by atoms with E-state index in [0.717, 1.165) is 23.9 Å². The number of hydrogen-bond donors (Lipinski definition) is 2. The summed E-state index contributed by atoms with van der Waals surface area (Å²) in [4.78, 5) is 24.0. The van der Waals surface area contributed by atoms with Crippen LogP contribution in [0.4, 0.5) is 18.9 Å². The third-order valence-corrected chi connectivity index (χ3v) is 4.22. The zero-order chi connectivity index (χ0) is 16.3. The standard InChI is InChI=1S/C14H13F3N2O2S/c1-2-5-18-12(20)7-11-13(21)19-9-6-8(14(15,16)17)3-4-10(9)22-11/h2-4,6,11H,1,5,7H2,(H,18,20)(H,19,21). The number of thioether (sulfide) groups is 1. The molecule has 0 aromatic heterocycles. The average Bonchev–Trinajstić information content (AvgIpc) is 2.44. The Balaban J connectivity index is 2.12. The van der Waals surface area contributed by atoms with Crippen molar-refractivity contribution in [1.29, 1.82) is 0 Å². The van der Waals surface area contributed by atoms with Gasteiger partial charge in [0.15, 0.2) is 0 Å². The largest absolute Gasteiger partial charge is 0.416 e. The highest BCUT2D eigenvalue weighted by Crippen LogP contribution is 2.40. The number of hydrogen-bond acceptors (Lipinski definition) is 3. The molecule has 118 valence electrons. The average molecular weight is 330 g/mol. The Hall–Kier alpha value is -1.96. The molecule has 0 saturated heterocycles. The topological polar surface area (TPSA) is 58.2 Å². The van der Waals surface area contributed by atoms with Gasteiger partial charge in [-0.15, -0.1) is 18.3 Å². The van der Waals surface area contributed by atoms with Gasteiger partial charge in [-0.25, -0.2) is 0 Å². The van der Waals surface area contributed by atoms with Crippen LogP contribution in [0.5, 0.6) is 0 Å². The number of rotatable bonds is 4. The molecule has 1 heterocycles. The Morgan fingerprint density at radius 1 is 1.45 bits per heavy atom. The van der Waals surface area contributed by atoms with E-state index in [4.69, 9.17) is 0 Å². The van der Waals surface area contributed by atoms with Crippen molar-refractivity contribution in [2.45, 2.75) is 22.7 Å². The maximum Gasteiger partial charge on any atom is 0.416 e. The molecule has 0 radical (unpaired) electrons. The lowest BCUT2D eigenvalue weighted by atomic mass is 10.1. The van der Waals surface area contributed by atoms with Gasteiger partial charge < -0.3 is 10.6 Å². The molecule has 1 unspecified atom stereocenters. The molecule has 22 heavy (non-hydrogen) atoms. The Kier molecular flexibility index (Phi) is 4.80. The number of carbonyl (C=O) groups excluding carboxylic acids is 2. The summed E-state index contributed by atoms with van der Waals surface area (Å²) in [6, 6.07) is 3.16. The fourth-order valence-corrected chi connectivity index (χ4v) is 2.98. The molecule has 1 aliphatic rings. The van der Waals surface area contributed by atoms with Gasteiger partial charge in [-0.05, 0) is 18.2 Å². The summed E-state index contributed by atoms with van der Waals surface area (Å²) in [5.74, 6) is -0.798. The number of carbonyl (C=O) groups is 2. The predicted octanol–water partition coefficient (Wildman–Crippen LogP) is 2.81. The highest BCUT2D eigenvalue weighted by molar-refractivity contribution is 8.01. The number of fused-ring (bicyclic) bond motifs is 1. The van der Waals surface area contributed by atoms with Crippen LogP contribution >= 0.6 is 11.8 Å². The van der Waals surface area contributed by atoms with Gasteiger partial charge in [-0.1, -0.05) is 6.08 Å². The van der Waals surface area contributed by atoms with Gasteiger partial charge >= 0.3 is 6.18 Å². The summed E-state index contributed by atoms with van der Waals surface area (Å²) in [7, 11) is 0. The summed E-state index contributed by atoms with van der Waals surface area (Å²) >= 11 is 1.08. The summed E-state index contributed by atoms with van der Waals surface area (Å²) in [5, 5.41) is 4.31. The molecule has 1 aromatic rings. The first-order chi connectivity index (χ1) is 10.3. The molecule has 2 rings (SSSR count). The van der Waals surface area contributed by atoms with Crippen LogP contribution < -0.4 is 10.6 Å². The van der Waals surface area contributed by atoms with Gasteiger partial charge in [-0.3, -0.25) is 9.59 Å². The molecule has 1 atom stereocenters. The monoisotopic (exact) mass is 330 g/mol. The van der Waals surface area contributed by atoms with Crippen LogP contribution in [0.1, 0.15) is 12.0 Å². The van der Waals surface area contributed by atoms with Crippen molar-refractivity contribution < 1.29 is 22.8 Å². The summed E-state index contributed by atoms with van der Waals surface area (Å²) < 4.78 is 37.9. The Morgan fingerprint density at radius 3 is 2.82 bits per heavy atom. The minimum absolute atomic E-state index is 0.0508. The smallest absolute Gasteiger partial charge is 0.353 e. The van der Waals surface area contributed by atoms with Crippen LogP contribution in [0, 0.1) is 0 Å². The quantitative estimate of drug-likeness (QED) is 0.835. The van der Waals surface area contributed by atoms with E-state index in [1.807, 2.05) is 0 Å². The van der Waals surface area contributed by atoms with E-state index in [2.05, 4.69) is 17.2 Å². The zero-order valence-corrected chi connectivity index (χ0v) is 12.2. The number of nitrogens with one attached hydrogen (secondary N) is 2. The second-order valence-electron chi connectivity index (χ2n) is 4.60. The van der Waals surface area contributed by atoms with Crippen LogP contribution in [0.3, 0.4) is 0 Å². The molecular formula is C14H13F3N2O2S. The lowest BCUT2D eigenvalue weighted by molar-refractivity contribution is -0.137. The highest BCUT2D eigenvalue weighted by Gasteiger charge is 2.34. The predicted molar refractivity (Wildman–Crippen MR) is 77.5 cm³/mol. The number of halogens is 3. The first-order valence-electron chi connectivity index (χ1n) is 6.37. The molecule has 2 N–H and O–H groups in total. The molecule has 0 fully saturated rings. The van der Waals surface area contributed by atoms with E-state index < -0.39 is 22.9 Å². The van der Waals surface area contributed by atoms with Crippen molar-refractivity contribution in [3.8, 4) is 0 Å². The maximum atomic E-state index is 12.6. The van der Waals surface area contributed by atoms with Crippen molar-refractivity contribution in [2.24, 2.45) is 0 Å². The van der Waals surface area contributed by atoms with E-state index in [0.29, 0.717) is 11.4 Å². The normalized spacial score (nSPS) is 17.4. The van der Waals surface area contributed by atoms with Crippen molar-refractivity contribution >= 4 is 29.3 Å². The molecule has 0 saturated carbocycles. The summed E-state index contributed by atoms with van der Waals surface area (Å²) in [6.07, 6.45) is -3.00. The number of amides is 2. The molecule has 1 aliphatic heterocycles. The van der Waals surface area contributed by atoms with Crippen LogP contribution in [0.25, 0.3) is 0 Å². The molecule has 8 heteroatoms. The van der Waals surface area contributed by atoms with E-state index in [9.17, 15) is 22.8 Å². The van der Waals surface area contributed by atoms with Gasteiger partial charge in [0, 0.05) is 17.9 Å². The first kappa shape index (κ1) is 16.4. The van der Waals surface area contributed by atoms with Gasteiger partial charge in [0.1, 0.15) is 0 Å².